The van der Waals surface area contributed by atoms with Gasteiger partial charge in [-0.1, -0.05) is 29.3 Å². The summed E-state index contributed by atoms with van der Waals surface area (Å²) in [7, 11) is 0. The number of carbonyl (C=O) groups excluding carboxylic acids is 3. The number of rotatable bonds is 5. The van der Waals surface area contributed by atoms with Crippen LogP contribution in [0.3, 0.4) is 0 Å². The molecular weight excluding hydrogens is 477 g/mol. The third-order valence-corrected chi connectivity index (χ3v) is 7.81. The van der Waals surface area contributed by atoms with Gasteiger partial charge in [-0.05, 0) is 49.5 Å². The van der Waals surface area contributed by atoms with Gasteiger partial charge in [0.05, 0.1) is 15.6 Å². The van der Waals surface area contributed by atoms with Crippen molar-refractivity contribution in [3.05, 3.63) is 39.9 Å². The van der Waals surface area contributed by atoms with E-state index in [1.807, 2.05) is 4.90 Å². The molecule has 3 amide bonds. The van der Waals surface area contributed by atoms with E-state index in [9.17, 15) is 14.4 Å². The highest BCUT2D eigenvalue weighted by Crippen LogP contribution is 2.35. The Kier molecular flexibility index (Phi) is 8.17. The molecule has 0 N–H and O–H groups in total. The number of hydrogen-bond acceptors (Lipinski definition) is 4. The average Bonchev–Trinajstić information content (AvgIpc) is 3.20. The maximum atomic E-state index is 12.7. The number of amides is 3. The van der Waals surface area contributed by atoms with E-state index in [0.717, 1.165) is 50.9 Å². The van der Waals surface area contributed by atoms with Gasteiger partial charge in [0.15, 0.2) is 0 Å². The molecule has 3 fully saturated rings. The first kappa shape index (κ1) is 25.0. The molecule has 1 spiro atoms. The number of halogens is 2. The van der Waals surface area contributed by atoms with E-state index in [2.05, 4.69) is 0 Å². The fraction of sp³-hybridized carbons (Fsp3) is 0.560. The van der Waals surface area contributed by atoms with Crippen LogP contribution >= 0.6 is 23.2 Å². The van der Waals surface area contributed by atoms with Crippen molar-refractivity contribution < 1.29 is 19.1 Å². The molecule has 0 unspecified atom stereocenters. The second kappa shape index (κ2) is 11.1. The Hall–Kier alpha value is -2.09. The number of likely N-dealkylation sites (tertiary alicyclic amines) is 1. The highest BCUT2D eigenvalue weighted by atomic mass is 35.5. The zero-order valence-corrected chi connectivity index (χ0v) is 20.8. The van der Waals surface area contributed by atoms with E-state index >= 15 is 0 Å². The maximum absolute atomic E-state index is 12.7. The van der Waals surface area contributed by atoms with Gasteiger partial charge >= 0.3 is 0 Å². The molecule has 184 valence electrons. The van der Waals surface area contributed by atoms with Gasteiger partial charge < -0.3 is 19.4 Å². The van der Waals surface area contributed by atoms with Crippen LogP contribution in [0.15, 0.2) is 24.3 Å². The number of benzene rings is 1. The Morgan fingerprint density at radius 1 is 1.00 bits per heavy atom. The molecule has 7 nitrogen and oxygen atoms in total. The van der Waals surface area contributed by atoms with Crippen molar-refractivity contribution in [2.24, 2.45) is 0 Å². The Balaban J connectivity index is 1.24. The van der Waals surface area contributed by atoms with Gasteiger partial charge in [0.1, 0.15) is 0 Å². The Bertz CT molecular complexity index is 951. The summed E-state index contributed by atoms with van der Waals surface area (Å²) in [6, 6.07) is 5.16. The molecule has 3 aliphatic rings. The first-order chi connectivity index (χ1) is 16.3. The molecule has 0 aromatic heterocycles. The number of ether oxygens (including phenoxy) is 1. The quantitative estimate of drug-likeness (QED) is 0.570. The van der Waals surface area contributed by atoms with Crippen LogP contribution in [0.4, 0.5) is 0 Å². The predicted octanol–water partition coefficient (Wildman–Crippen LogP) is 3.63. The standard InChI is InChI=1S/C25H31Cl2N3O4/c26-20-4-2-19(18-21(20)27)3-5-22(31)28-11-6-23(32)29(16-15-28)12-7-24(33)30-13-9-25(10-14-30)8-1-17-34-25/h2-5,18H,1,6-17H2/b5-3+. The molecular formula is C25H31Cl2N3O4. The van der Waals surface area contributed by atoms with Crippen molar-refractivity contribution in [3.8, 4) is 0 Å². The molecule has 0 bridgehead atoms. The third kappa shape index (κ3) is 6.12. The summed E-state index contributed by atoms with van der Waals surface area (Å²) in [5.41, 5.74) is 0.763. The molecule has 4 rings (SSSR count). The van der Waals surface area contributed by atoms with Crippen LogP contribution in [0.1, 0.15) is 44.1 Å². The van der Waals surface area contributed by atoms with E-state index in [-0.39, 0.29) is 29.7 Å². The average molecular weight is 508 g/mol. The van der Waals surface area contributed by atoms with Crippen LogP contribution in [-0.2, 0) is 19.1 Å². The van der Waals surface area contributed by atoms with E-state index in [0.29, 0.717) is 42.6 Å². The van der Waals surface area contributed by atoms with E-state index in [1.165, 1.54) is 6.08 Å². The molecule has 0 aliphatic carbocycles. The molecule has 0 saturated carbocycles. The first-order valence-corrected chi connectivity index (χ1v) is 12.7. The van der Waals surface area contributed by atoms with Crippen molar-refractivity contribution in [2.45, 2.75) is 44.1 Å². The van der Waals surface area contributed by atoms with Gasteiger partial charge in [0.2, 0.25) is 17.7 Å². The molecule has 34 heavy (non-hydrogen) atoms. The lowest BCUT2D eigenvalue weighted by molar-refractivity contribution is -0.137. The molecule has 9 heteroatoms. The number of hydrogen-bond donors (Lipinski definition) is 0. The SMILES string of the molecule is O=C(/C=C/c1ccc(Cl)c(Cl)c1)N1CCC(=O)N(CCC(=O)N2CCC3(CCCO3)CC2)CC1. The van der Waals surface area contributed by atoms with Crippen LogP contribution in [0.25, 0.3) is 6.08 Å². The van der Waals surface area contributed by atoms with Crippen LogP contribution < -0.4 is 0 Å². The molecule has 3 heterocycles. The summed E-state index contributed by atoms with van der Waals surface area (Å²) >= 11 is 12.0. The van der Waals surface area contributed by atoms with Crippen molar-refractivity contribution in [1.82, 2.24) is 14.7 Å². The molecule has 0 radical (unpaired) electrons. The summed E-state index contributed by atoms with van der Waals surface area (Å²) in [5, 5.41) is 0.888. The Morgan fingerprint density at radius 3 is 2.50 bits per heavy atom. The first-order valence-electron chi connectivity index (χ1n) is 12.0. The van der Waals surface area contributed by atoms with Gasteiger partial charge in [-0.15, -0.1) is 0 Å². The zero-order valence-electron chi connectivity index (χ0n) is 19.3. The third-order valence-electron chi connectivity index (χ3n) is 7.07. The number of carbonyl (C=O) groups is 3. The molecule has 1 aromatic rings. The molecule has 3 saturated heterocycles. The number of nitrogens with zero attached hydrogens (tertiary/aromatic N) is 3. The monoisotopic (exact) mass is 507 g/mol. The lowest BCUT2D eigenvalue weighted by atomic mass is 9.88. The minimum atomic E-state index is -0.159. The fourth-order valence-electron chi connectivity index (χ4n) is 4.91. The van der Waals surface area contributed by atoms with Crippen LogP contribution in [0, 0.1) is 0 Å². The summed E-state index contributed by atoms with van der Waals surface area (Å²) in [5.74, 6) is -0.0934. The topological polar surface area (TPSA) is 70.2 Å². The summed E-state index contributed by atoms with van der Waals surface area (Å²) in [6.07, 6.45) is 7.73. The minimum absolute atomic E-state index is 0.0121. The smallest absolute Gasteiger partial charge is 0.246 e. The normalized spacial score (nSPS) is 20.9. The van der Waals surface area contributed by atoms with Gasteiger partial charge in [-0.25, -0.2) is 0 Å². The second-order valence-electron chi connectivity index (χ2n) is 9.23. The lowest BCUT2D eigenvalue weighted by Crippen LogP contribution is -2.47. The minimum Gasteiger partial charge on any atom is -0.375 e. The van der Waals surface area contributed by atoms with Gasteiger partial charge in [-0.3, -0.25) is 14.4 Å². The summed E-state index contributed by atoms with van der Waals surface area (Å²) < 4.78 is 5.94. The van der Waals surface area contributed by atoms with Crippen molar-refractivity contribution in [3.63, 3.8) is 0 Å². The van der Waals surface area contributed by atoms with Gasteiger partial charge in [-0.2, -0.15) is 0 Å². The van der Waals surface area contributed by atoms with Crippen LogP contribution in [0.5, 0.6) is 0 Å². The highest BCUT2D eigenvalue weighted by molar-refractivity contribution is 6.42. The van der Waals surface area contributed by atoms with Crippen molar-refractivity contribution in [1.29, 1.82) is 0 Å². The van der Waals surface area contributed by atoms with Gasteiger partial charge in [0.25, 0.3) is 0 Å². The zero-order chi connectivity index (χ0) is 24.1. The van der Waals surface area contributed by atoms with Crippen molar-refractivity contribution >= 4 is 47.0 Å². The van der Waals surface area contributed by atoms with Crippen LogP contribution in [-0.4, -0.2) is 83.9 Å². The Morgan fingerprint density at radius 2 is 1.79 bits per heavy atom. The summed E-state index contributed by atoms with van der Waals surface area (Å²) in [4.78, 5) is 43.2. The highest BCUT2D eigenvalue weighted by Gasteiger charge is 2.39. The predicted molar refractivity (Wildman–Crippen MR) is 132 cm³/mol. The largest absolute Gasteiger partial charge is 0.375 e. The molecule has 3 aliphatic heterocycles. The van der Waals surface area contributed by atoms with Crippen LogP contribution in [0.2, 0.25) is 10.0 Å². The molecule has 0 atom stereocenters. The number of piperidine rings is 1. The van der Waals surface area contributed by atoms with E-state index in [4.69, 9.17) is 27.9 Å². The maximum Gasteiger partial charge on any atom is 0.246 e. The second-order valence-corrected chi connectivity index (χ2v) is 10.0. The van der Waals surface area contributed by atoms with Crippen molar-refractivity contribution in [2.75, 3.05) is 45.9 Å². The Labute approximate surface area is 210 Å². The molecule has 1 aromatic carbocycles. The van der Waals surface area contributed by atoms with Gasteiger partial charge in [0, 0.05) is 64.8 Å². The lowest BCUT2D eigenvalue weighted by Gasteiger charge is -2.38. The van der Waals surface area contributed by atoms with E-state index < -0.39 is 0 Å². The van der Waals surface area contributed by atoms with E-state index in [1.54, 1.807) is 34.1 Å². The summed E-state index contributed by atoms with van der Waals surface area (Å²) in [6.45, 7) is 3.89. The fourth-order valence-corrected chi connectivity index (χ4v) is 5.22.